The van der Waals surface area contributed by atoms with Crippen LogP contribution in [0.25, 0.3) is 0 Å². The van der Waals surface area contributed by atoms with E-state index >= 15 is 0 Å². The van der Waals surface area contributed by atoms with Crippen molar-refractivity contribution in [3.05, 3.63) is 29.3 Å². The molecule has 0 atom stereocenters. The van der Waals surface area contributed by atoms with Gasteiger partial charge in [-0.1, -0.05) is 32.9 Å². The van der Waals surface area contributed by atoms with Gasteiger partial charge >= 0.3 is 0 Å². The van der Waals surface area contributed by atoms with Gasteiger partial charge in [-0.3, -0.25) is 0 Å². The van der Waals surface area contributed by atoms with Crippen LogP contribution in [0.3, 0.4) is 0 Å². The molecule has 0 saturated carbocycles. The molecule has 2 nitrogen and oxygen atoms in total. The Morgan fingerprint density at radius 3 is 2.41 bits per heavy atom. The van der Waals surface area contributed by atoms with Crippen LogP contribution in [0.1, 0.15) is 38.3 Å². The molecule has 1 aromatic rings. The number of aryl methyl sites for hydroxylation is 1. The van der Waals surface area contributed by atoms with Crippen molar-refractivity contribution in [1.29, 1.82) is 0 Å². The largest absolute Gasteiger partial charge is 0.304 e. The lowest BCUT2D eigenvalue weighted by Crippen LogP contribution is -2.44. The molecule has 1 heterocycles. The Labute approximate surface area is 141 Å². The normalized spacial score (nSPS) is 17.9. The molecule has 1 saturated heterocycles. The Morgan fingerprint density at radius 2 is 1.77 bits per heavy atom. The molecule has 124 valence electrons. The molecule has 0 bridgehead atoms. The maximum atomic E-state index is 2.61. The molecule has 3 heteroatoms. The third-order valence-corrected chi connectivity index (χ3v) is 5.77. The Kier molecular flexibility index (Phi) is 6.36. The highest BCUT2D eigenvalue weighted by Gasteiger charge is 2.15. The van der Waals surface area contributed by atoms with E-state index in [4.69, 9.17) is 0 Å². The second kappa shape index (κ2) is 7.85. The first-order chi connectivity index (χ1) is 10.4. The van der Waals surface area contributed by atoms with E-state index in [1.165, 1.54) is 60.9 Å². The predicted molar refractivity (Wildman–Crippen MR) is 99.2 cm³/mol. The number of nitrogens with zero attached hydrogens (tertiary/aromatic N) is 2. The summed E-state index contributed by atoms with van der Waals surface area (Å²) in [5, 5.41) is 0. The first-order valence-corrected chi connectivity index (χ1v) is 9.49. The van der Waals surface area contributed by atoms with Crippen LogP contribution in [0.5, 0.6) is 0 Å². The molecular weight excluding hydrogens is 288 g/mol. The zero-order valence-corrected chi connectivity index (χ0v) is 15.8. The molecule has 0 spiro atoms. The number of hydrogen-bond donors (Lipinski definition) is 0. The number of likely N-dealkylation sites (N-methyl/N-ethyl adjacent to an activating group) is 1. The number of rotatable bonds is 5. The van der Waals surface area contributed by atoms with Crippen molar-refractivity contribution in [3.8, 4) is 0 Å². The van der Waals surface area contributed by atoms with E-state index in [0.717, 1.165) is 0 Å². The third-order valence-electron chi connectivity index (χ3n) is 4.53. The first-order valence-electron chi connectivity index (χ1n) is 8.51. The van der Waals surface area contributed by atoms with Gasteiger partial charge in [0.05, 0.1) is 0 Å². The summed E-state index contributed by atoms with van der Waals surface area (Å²) in [6, 6.07) is 6.96. The van der Waals surface area contributed by atoms with Crippen LogP contribution < -0.4 is 0 Å². The highest BCUT2D eigenvalue weighted by atomic mass is 32.2. The van der Waals surface area contributed by atoms with Crippen molar-refractivity contribution in [2.24, 2.45) is 0 Å². The van der Waals surface area contributed by atoms with Crippen LogP contribution in [0.4, 0.5) is 0 Å². The van der Waals surface area contributed by atoms with Crippen molar-refractivity contribution in [3.63, 3.8) is 0 Å². The van der Waals surface area contributed by atoms with Gasteiger partial charge in [0.1, 0.15) is 0 Å². The number of benzene rings is 1. The van der Waals surface area contributed by atoms with Crippen molar-refractivity contribution >= 4 is 11.8 Å². The van der Waals surface area contributed by atoms with Crippen LogP contribution in [0.2, 0.25) is 0 Å². The highest BCUT2D eigenvalue weighted by molar-refractivity contribution is 7.99. The SMILES string of the molecule is Cc1ccc(C(C)(C)C)cc1SCCCN1CCN(C)CC1. The van der Waals surface area contributed by atoms with Gasteiger partial charge in [-0.15, -0.1) is 11.8 Å². The Hall–Kier alpha value is -0.510. The summed E-state index contributed by atoms with van der Waals surface area (Å²) >= 11 is 2.03. The second-order valence-electron chi connectivity index (χ2n) is 7.58. The summed E-state index contributed by atoms with van der Waals surface area (Å²) in [4.78, 5) is 6.50. The van der Waals surface area contributed by atoms with Gasteiger partial charge in [0.2, 0.25) is 0 Å². The second-order valence-corrected chi connectivity index (χ2v) is 8.71. The molecular formula is C19H32N2S. The van der Waals surface area contributed by atoms with E-state index < -0.39 is 0 Å². The molecule has 0 unspecified atom stereocenters. The summed E-state index contributed by atoms with van der Waals surface area (Å²) in [5.41, 5.74) is 3.10. The van der Waals surface area contributed by atoms with Crippen LogP contribution in [0, 0.1) is 6.92 Å². The van der Waals surface area contributed by atoms with E-state index in [1.807, 2.05) is 11.8 Å². The summed E-state index contributed by atoms with van der Waals surface area (Å²) in [6.07, 6.45) is 1.29. The van der Waals surface area contributed by atoms with Gasteiger partial charge in [0.25, 0.3) is 0 Å². The van der Waals surface area contributed by atoms with Gasteiger partial charge in [-0.25, -0.2) is 0 Å². The Bertz CT molecular complexity index is 471. The Morgan fingerprint density at radius 1 is 1.09 bits per heavy atom. The molecule has 1 fully saturated rings. The van der Waals surface area contributed by atoms with E-state index in [9.17, 15) is 0 Å². The fourth-order valence-corrected chi connectivity index (χ4v) is 3.76. The van der Waals surface area contributed by atoms with Gasteiger partial charge in [-0.2, -0.15) is 0 Å². The monoisotopic (exact) mass is 320 g/mol. The van der Waals surface area contributed by atoms with Crippen LogP contribution in [-0.2, 0) is 5.41 Å². The fraction of sp³-hybridized carbons (Fsp3) is 0.684. The highest BCUT2D eigenvalue weighted by Crippen LogP contribution is 2.30. The smallest absolute Gasteiger partial charge is 0.0110 e. The summed E-state index contributed by atoms with van der Waals surface area (Å²) in [6.45, 7) is 15.3. The van der Waals surface area contributed by atoms with Gasteiger partial charge in [-0.05, 0) is 55.3 Å². The predicted octanol–water partition coefficient (Wildman–Crippen LogP) is 4.02. The molecule has 0 N–H and O–H groups in total. The van der Waals surface area contributed by atoms with Crippen LogP contribution in [0.15, 0.2) is 23.1 Å². The molecule has 0 radical (unpaired) electrons. The molecule has 1 aliphatic rings. The third kappa shape index (κ3) is 5.29. The topological polar surface area (TPSA) is 6.48 Å². The van der Waals surface area contributed by atoms with Gasteiger partial charge < -0.3 is 9.80 Å². The van der Waals surface area contributed by atoms with Crippen molar-refractivity contribution < 1.29 is 0 Å². The molecule has 0 aliphatic carbocycles. The lowest BCUT2D eigenvalue weighted by atomic mass is 9.87. The lowest BCUT2D eigenvalue weighted by Gasteiger charge is -2.32. The maximum Gasteiger partial charge on any atom is 0.0110 e. The fourth-order valence-electron chi connectivity index (χ4n) is 2.76. The zero-order chi connectivity index (χ0) is 16.2. The minimum absolute atomic E-state index is 0.239. The summed E-state index contributed by atoms with van der Waals surface area (Å²) in [7, 11) is 2.22. The van der Waals surface area contributed by atoms with Crippen LogP contribution >= 0.6 is 11.8 Å². The number of piperazine rings is 1. The van der Waals surface area contributed by atoms with E-state index in [0.29, 0.717) is 0 Å². The zero-order valence-electron chi connectivity index (χ0n) is 15.0. The van der Waals surface area contributed by atoms with Crippen molar-refractivity contribution in [2.45, 2.75) is 44.4 Å². The van der Waals surface area contributed by atoms with Crippen molar-refractivity contribution in [1.82, 2.24) is 9.80 Å². The quantitative estimate of drug-likeness (QED) is 0.597. The van der Waals surface area contributed by atoms with Crippen LogP contribution in [-0.4, -0.2) is 55.3 Å². The molecule has 1 aliphatic heterocycles. The van der Waals surface area contributed by atoms with E-state index in [-0.39, 0.29) is 5.41 Å². The maximum absolute atomic E-state index is 2.61. The molecule has 0 aromatic heterocycles. The minimum atomic E-state index is 0.239. The number of thioether (sulfide) groups is 1. The molecule has 22 heavy (non-hydrogen) atoms. The Balaban J connectivity index is 1.79. The standard InChI is InChI=1S/C19H32N2S/c1-16-7-8-17(19(2,3)4)15-18(16)22-14-6-9-21-12-10-20(5)11-13-21/h7-8,15H,6,9-14H2,1-5H3. The summed E-state index contributed by atoms with van der Waals surface area (Å²) < 4.78 is 0. The van der Waals surface area contributed by atoms with E-state index in [1.54, 1.807) is 0 Å². The molecule has 0 amide bonds. The minimum Gasteiger partial charge on any atom is -0.304 e. The average Bonchev–Trinajstić information content (AvgIpc) is 2.46. The molecule has 1 aromatic carbocycles. The number of hydrogen-bond acceptors (Lipinski definition) is 3. The van der Waals surface area contributed by atoms with E-state index in [2.05, 4.69) is 62.7 Å². The van der Waals surface area contributed by atoms with Gasteiger partial charge in [0.15, 0.2) is 0 Å². The van der Waals surface area contributed by atoms with Crippen molar-refractivity contribution in [2.75, 3.05) is 45.5 Å². The lowest BCUT2D eigenvalue weighted by molar-refractivity contribution is 0.154. The molecule has 2 rings (SSSR count). The summed E-state index contributed by atoms with van der Waals surface area (Å²) in [5.74, 6) is 1.22. The first kappa shape index (κ1) is 17.8. The average molecular weight is 321 g/mol. The van der Waals surface area contributed by atoms with Gasteiger partial charge in [0, 0.05) is 31.1 Å².